The van der Waals surface area contributed by atoms with Crippen molar-refractivity contribution in [2.45, 2.75) is 32.0 Å². The van der Waals surface area contributed by atoms with E-state index < -0.39 is 41.9 Å². The zero-order valence-electron chi connectivity index (χ0n) is 16.1. The minimum absolute atomic E-state index is 0.196. The molecule has 2 aliphatic heterocycles. The lowest BCUT2D eigenvalue weighted by Crippen LogP contribution is -2.41. The molecular weight excluding hydrogens is 474 g/mol. The van der Waals surface area contributed by atoms with Crippen LogP contribution in [0, 0.1) is 11.8 Å². The van der Waals surface area contributed by atoms with Gasteiger partial charge in [-0.1, -0.05) is 28.1 Å². The van der Waals surface area contributed by atoms with Gasteiger partial charge in [-0.2, -0.15) is 0 Å². The number of ether oxygens (including phenoxy) is 2. The lowest BCUT2D eigenvalue weighted by molar-refractivity contribution is -0.147. The van der Waals surface area contributed by atoms with Gasteiger partial charge in [0.25, 0.3) is 0 Å². The van der Waals surface area contributed by atoms with Crippen LogP contribution in [0.3, 0.4) is 0 Å². The van der Waals surface area contributed by atoms with E-state index in [0.29, 0.717) is 23.4 Å². The number of thiophene rings is 1. The first-order chi connectivity index (χ1) is 14.4. The number of carboxylic acids is 1. The Morgan fingerprint density at radius 2 is 2.00 bits per heavy atom. The molecule has 2 aromatic rings. The number of nitrogens with one attached hydrogen (secondary N) is 1. The van der Waals surface area contributed by atoms with Crippen LogP contribution in [0.1, 0.15) is 30.1 Å². The molecular formula is C21H20BrNO6S. The van der Waals surface area contributed by atoms with Crippen molar-refractivity contribution < 1.29 is 29.0 Å². The van der Waals surface area contributed by atoms with Gasteiger partial charge < -0.3 is 19.9 Å². The summed E-state index contributed by atoms with van der Waals surface area (Å²) in [7, 11) is 0. The second kappa shape index (κ2) is 8.49. The highest BCUT2D eigenvalue weighted by Crippen LogP contribution is 2.45. The Morgan fingerprint density at radius 3 is 2.67 bits per heavy atom. The van der Waals surface area contributed by atoms with E-state index in [1.807, 2.05) is 24.3 Å². The fourth-order valence-corrected chi connectivity index (χ4v) is 5.60. The molecule has 3 heterocycles. The number of carbonyl (C=O) groups is 3. The van der Waals surface area contributed by atoms with Crippen LogP contribution in [-0.4, -0.2) is 41.8 Å². The molecule has 30 heavy (non-hydrogen) atoms. The van der Waals surface area contributed by atoms with Crippen LogP contribution in [0.2, 0.25) is 0 Å². The van der Waals surface area contributed by atoms with E-state index in [4.69, 9.17) is 9.47 Å². The van der Waals surface area contributed by atoms with Crippen molar-refractivity contribution in [1.29, 1.82) is 0 Å². The first-order valence-corrected chi connectivity index (χ1v) is 11.3. The molecule has 0 radical (unpaired) electrons. The van der Waals surface area contributed by atoms with Gasteiger partial charge in [-0.15, -0.1) is 11.3 Å². The molecule has 0 aliphatic carbocycles. The SMILES string of the molecule is CCOC(=O)c1c(-c2cccc(Br)c2)csc1NC(=O)[C@H]1[C@H](C(=O)O)[C@H]2CC[C@H]1O2. The molecule has 1 amide bonds. The third kappa shape index (κ3) is 3.77. The Morgan fingerprint density at radius 1 is 1.27 bits per heavy atom. The number of benzene rings is 1. The standard InChI is InChI=1S/C21H20BrNO6S/c1-2-28-21(27)15-12(10-4-3-5-11(22)8-10)9-30-19(15)23-18(24)16-13-6-7-14(29-13)17(16)20(25)26/h3-5,8-9,13-14,16-17H,2,6-7H2,1H3,(H,23,24)(H,25,26)/t13-,14-,16-,17-/m1/s1. The Kier molecular flexibility index (Phi) is 5.95. The summed E-state index contributed by atoms with van der Waals surface area (Å²) in [6, 6.07) is 7.48. The van der Waals surface area contributed by atoms with E-state index in [9.17, 15) is 19.5 Å². The van der Waals surface area contributed by atoms with E-state index >= 15 is 0 Å². The molecule has 2 saturated heterocycles. The summed E-state index contributed by atoms with van der Waals surface area (Å²) in [5.74, 6) is -3.67. The van der Waals surface area contributed by atoms with Crippen molar-refractivity contribution in [3.05, 3.63) is 39.7 Å². The number of carboxylic acid groups (broad SMARTS) is 1. The number of hydrogen-bond acceptors (Lipinski definition) is 6. The van der Waals surface area contributed by atoms with Crippen molar-refractivity contribution in [2.75, 3.05) is 11.9 Å². The highest BCUT2D eigenvalue weighted by Gasteiger charge is 2.55. The molecule has 158 valence electrons. The van der Waals surface area contributed by atoms with Gasteiger partial charge in [0, 0.05) is 15.4 Å². The predicted molar refractivity (Wildman–Crippen MR) is 115 cm³/mol. The Bertz CT molecular complexity index is 1010. The molecule has 7 nitrogen and oxygen atoms in total. The minimum atomic E-state index is -1.03. The first kappa shape index (κ1) is 21.0. The van der Waals surface area contributed by atoms with E-state index in [2.05, 4.69) is 21.2 Å². The summed E-state index contributed by atoms with van der Waals surface area (Å²) in [5, 5.41) is 14.5. The van der Waals surface area contributed by atoms with Gasteiger partial charge in [0.05, 0.1) is 30.7 Å². The lowest BCUT2D eigenvalue weighted by atomic mass is 9.79. The molecule has 4 atom stereocenters. The van der Waals surface area contributed by atoms with Gasteiger partial charge in [0.15, 0.2) is 0 Å². The van der Waals surface area contributed by atoms with E-state index in [1.54, 1.807) is 12.3 Å². The minimum Gasteiger partial charge on any atom is -0.481 e. The summed E-state index contributed by atoms with van der Waals surface area (Å²) in [4.78, 5) is 37.5. The van der Waals surface area contributed by atoms with Crippen molar-refractivity contribution in [2.24, 2.45) is 11.8 Å². The van der Waals surface area contributed by atoms with E-state index in [-0.39, 0.29) is 12.2 Å². The second-order valence-corrected chi connectivity index (χ2v) is 9.05. The molecule has 4 rings (SSSR count). The second-order valence-electron chi connectivity index (χ2n) is 7.25. The Labute approximate surface area is 185 Å². The molecule has 1 aromatic carbocycles. The number of aliphatic carboxylic acids is 1. The van der Waals surface area contributed by atoms with Gasteiger partial charge in [-0.25, -0.2) is 4.79 Å². The molecule has 2 aliphatic rings. The number of fused-ring (bicyclic) bond motifs is 2. The number of halogens is 1. The number of esters is 1. The normalized spacial score (nSPS) is 24.6. The quantitative estimate of drug-likeness (QED) is 0.585. The number of anilines is 1. The fourth-order valence-electron chi connectivity index (χ4n) is 4.24. The fraction of sp³-hybridized carbons (Fsp3) is 0.381. The molecule has 2 fully saturated rings. The largest absolute Gasteiger partial charge is 0.481 e. The first-order valence-electron chi connectivity index (χ1n) is 9.64. The molecule has 0 spiro atoms. The van der Waals surface area contributed by atoms with Crippen LogP contribution in [0.4, 0.5) is 5.00 Å². The van der Waals surface area contributed by atoms with Crippen molar-refractivity contribution in [1.82, 2.24) is 0 Å². The maximum absolute atomic E-state index is 13.0. The van der Waals surface area contributed by atoms with Crippen molar-refractivity contribution in [3.8, 4) is 11.1 Å². The predicted octanol–water partition coefficient (Wildman–Crippen LogP) is 4.17. The molecule has 0 unspecified atom stereocenters. The monoisotopic (exact) mass is 493 g/mol. The van der Waals surface area contributed by atoms with E-state index in [1.165, 1.54) is 11.3 Å². The maximum atomic E-state index is 13.0. The summed E-state index contributed by atoms with van der Waals surface area (Å²) in [6.07, 6.45) is 0.455. The summed E-state index contributed by atoms with van der Waals surface area (Å²) < 4.78 is 11.8. The average molecular weight is 494 g/mol. The van der Waals surface area contributed by atoms with Crippen molar-refractivity contribution in [3.63, 3.8) is 0 Å². The summed E-state index contributed by atoms with van der Waals surface area (Å²) in [6.45, 7) is 1.91. The highest BCUT2D eigenvalue weighted by atomic mass is 79.9. The molecule has 0 saturated carbocycles. The molecule has 2 bridgehead atoms. The highest BCUT2D eigenvalue weighted by molar-refractivity contribution is 9.10. The molecule has 2 N–H and O–H groups in total. The summed E-state index contributed by atoms with van der Waals surface area (Å²) >= 11 is 4.64. The van der Waals surface area contributed by atoms with Gasteiger partial charge in [0.1, 0.15) is 10.6 Å². The van der Waals surface area contributed by atoms with Gasteiger partial charge in [-0.05, 0) is 37.5 Å². The van der Waals surface area contributed by atoms with Crippen LogP contribution in [-0.2, 0) is 19.1 Å². The number of amides is 1. The third-order valence-corrected chi connectivity index (χ3v) is 6.89. The van der Waals surface area contributed by atoms with Gasteiger partial charge in [-0.3, -0.25) is 9.59 Å². The van der Waals surface area contributed by atoms with Crippen LogP contribution < -0.4 is 5.32 Å². The van der Waals surface area contributed by atoms with Crippen molar-refractivity contribution >= 4 is 50.1 Å². The molecule has 9 heteroatoms. The van der Waals surface area contributed by atoms with Crippen LogP contribution in [0.15, 0.2) is 34.1 Å². The zero-order valence-corrected chi connectivity index (χ0v) is 18.5. The number of rotatable bonds is 6. The third-order valence-electron chi connectivity index (χ3n) is 5.50. The smallest absolute Gasteiger partial charge is 0.341 e. The average Bonchev–Trinajstić information content (AvgIpc) is 3.42. The Hall–Kier alpha value is -2.23. The van der Waals surface area contributed by atoms with Crippen LogP contribution in [0.25, 0.3) is 11.1 Å². The van der Waals surface area contributed by atoms with Crippen LogP contribution >= 0.6 is 27.3 Å². The van der Waals surface area contributed by atoms with Crippen LogP contribution in [0.5, 0.6) is 0 Å². The van der Waals surface area contributed by atoms with Gasteiger partial charge >= 0.3 is 11.9 Å². The molecule has 1 aromatic heterocycles. The number of carbonyl (C=O) groups excluding carboxylic acids is 2. The lowest BCUT2D eigenvalue weighted by Gasteiger charge is -2.23. The summed E-state index contributed by atoms with van der Waals surface area (Å²) in [5.41, 5.74) is 1.72. The topological polar surface area (TPSA) is 102 Å². The maximum Gasteiger partial charge on any atom is 0.341 e. The number of hydrogen-bond donors (Lipinski definition) is 2. The zero-order chi connectivity index (χ0) is 21.4. The van der Waals surface area contributed by atoms with Gasteiger partial charge in [0.2, 0.25) is 5.91 Å². The Balaban J connectivity index is 1.66. The van der Waals surface area contributed by atoms with E-state index in [0.717, 1.165) is 10.0 Å².